The number of hydrogen-bond acceptors (Lipinski definition) is 11. The number of nitrogens with one attached hydrogen (secondary N) is 1. The average molecular weight is 616 g/mol. The van der Waals surface area contributed by atoms with Gasteiger partial charge in [-0.25, -0.2) is 18.1 Å². The molecule has 1 aromatic carbocycles. The minimum Gasteiger partial charge on any atom is -0.440 e. The van der Waals surface area contributed by atoms with Crippen LogP contribution in [-0.2, 0) is 29.7 Å². The van der Waals surface area contributed by atoms with Gasteiger partial charge in [-0.1, -0.05) is 25.5 Å². The van der Waals surface area contributed by atoms with Crippen molar-refractivity contribution in [1.29, 1.82) is 0 Å². The van der Waals surface area contributed by atoms with Crippen molar-refractivity contribution in [3.63, 3.8) is 0 Å². The van der Waals surface area contributed by atoms with Crippen molar-refractivity contribution in [3.05, 3.63) is 48.5 Å². The summed E-state index contributed by atoms with van der Waals surface area (Å²) in [5.74, 6) is -1.94. The van der Waals surface area contributed by atoms with Crippen molar-refractivity contribution in [2.45, 2.75) is 68.3 Å². The van der Waals surface area contributed by atoms with Gasteiger partial charge < -0.3 is 25.1 Å². The zero-order valence-electron chi connectivity index (χ0n) is 23.0. The van der Waals surface area contributed by atoms with Crippen LogP contribution in [0.4, 0.5) is 0 Å². The molecule has 3 rings (SSSR count). The molecule has 41 heavy (non-hydrogen) atoms. The van der Waals surface area contributed by atoms with Gasteiger partial charge in [-0.05, 0) is 49.9 Å². The van der Waals surface area contributed by atoms with Crippen LogP contribution in [-0.4, -0.2) is 79.7 Å². The lowest BCUT2D eigenvalue weighted by Gasteiger charge is -2.40. The van der Waals surface area contributed by atoms with Crippen LogP contribution in [0.5, 0.6) is 0 Å². The fraction of sp³-hybridized carbons (Fsp3) is 0.538. The van der Waals surface area contributed by atoms with Crippen molar-refractivity contribution < 1.29 is 45.5 Å². The van der Waals surface area contributed by atoms with Gasteiger partial charge in [0.05, 0.1) is 35.8 Å². The van der Waals surface area contributed by atoms with E-state index in [1.165, 1.54) is 23.1 Å². The number of nitrogens with zero attached hydrogens (tertiary/aromatic N) is 1. The molecule has 15 heteroatoms. The van der Waals surface area contributed by atoms with Crippen molar-refractivity contribution in [1.82, 2.24) is 9.71 Å². The number of aliphatic hydroxyl groups is 2. The minimum atomic E-state index is -4.71. The zero-order valence-corrected chi connectivity index (χ0v) is 24.6. The van der Waals surface area contributed by atoms with E-state index in [1.54, 1.807) is 26.0 Å². The van der Waals surface area contributed by atoms with Crippen molar-refractivity contribution in [2.75, 3.05) is 12.9 Å². The summed E-state index contributed by atoms with van der Waals surface area (Å²) in [4.78, 5) is 16.4. The van der Waals surface area contributed by atoms with Gasteiger partial charge in [0, 0.05) is 17.7 Å². The molecule has 1 aliphatic heterocycles. The van der Waals surface area contributed by atoms with Gasteiger partial charge in [0.25, 0.3) is 5.91 Å². The number of sulfone groups is 1. The van der Waals surface area contributed by atoms with E-state index < -0.39 is 68.2 Å². The van der Waals surface area contributed by atoms with Crippen LogP contribution in [0.25, 0.3) is 11.3 Å². The Morgan fingerprint density at radius 1 is 1.20 bits per heavy atom. The Labute approximate surface area is 239 Å². The van der Waals surface area contributed by atoms with Gasteiger partial charge in [0.2, 0.25) is 5.89 Å². The Morgan fingerprint density at radius 3 is 2.39 bits per heavy atom. The number of nitrogens with two attached hydrogens (primary N) is 1. The molecule has 7 atom stereocenters. The maximum Gasteiger partial charge on any atom is 0.359 e. The Bertz CT molecular complexity index is 1440. The number of carbonyl (C=O) groups is 1. The maximum atomic E-state index is 11.9. The fourth-order valence-electron chi connectivity index (χ4n) is 4.85. The molecule has 0 aliphatic carbocycles. The number of ether oxygens (including phenoxy) is 1. The quantitative estimate of drug-likeness (QED) is 0.168. The predicted octanol–water partition coefficient (Wildman–Crippen LogP) is 1.19. The summed E-state index contributed by atoms with van der Waals surface area (Å²) >= 11 is 0. The van der Waals surface area contributed by atoms with Crippen molar-refractivity contribution in [3.8, 4) is 11.3 Å². The van der Waals surface area contributed by atoms with E-state index >= 15 is 0 Å². The van der Waals surface area contributed by atoms with Crippen LogP contribution in [0.15, 0.2) is 51.9 Å². The first-order valence-electron chi connectivity index (χ1n) is 12.9. The third kappa shape index (κ3) is 8.44. The van der Waals surface area contributed by atoms with Gasteiger partial charge in [-0.3, -0.25) is 9.35 Å². The number of aliphatic hydroxyl groups excluding tert-OH is 2. The van der Waals surface area contributed by atoms with Crippen LogP contribution in [0.2, 0.25) is 0 Å². The first kappa shape index (κ1) is 32.8. The summed E-state index contributed by atoms with van der Waals surface area (Å²) in [6.45, 7) is 7.50. The topological polar surface area (TPSA) is 219 Å². The summed E-state index contributed by atoms with van der Waals surface area (Å²) < 4.78 is 67.3. The molecule has 1 aliphatic rings. The molecule has 1 aromatic heterocycles. The molecule has 0 saturated carbocycles. The van der Waals surface area contributed by atoms with E-state index in [1.807, 2.05) is 0 Å². The Hall–Kier alpha value is -2.66. The molecule has 6 N–H and O–H groups in total. The van der Waals surface area contributed by atoms with Crippen molar-refractivity contribution in [2.24, 2.45) is 17.6 Å². The molecular formula is C26H37N3O10S2. The lowest BCUT2D eigenvalue weighted by molar-refractivity contribution is -0.171. The zero-order chi connectivity index (χ0) is 30.7. The summed E-state index contributed by atoms with van der Waals surface area (Å²) in [7, 11) is -8.06. The fourth-order valence-corrected chi connectivity index (χ4v) is 5.87. The molecule has 228 valence electrons. The molecule has 2 heterocycles. The highest BCUT2D eigenvalue weighted by atomic mass is 32.2. The molecule has 13 nitrogen and oxygen atoms in total. The Morgan fingerprint density at radius 2 is 1.83 bits per heavy atom. The first-order chi connectivity index (χ1) is 19.0. The number of carbonyl (C=O) groups excluding carboxylic acids is 1. The molecule has 0 spiro atoms. The minimum absolute atomic E-state index is 0.122. The second kappa shape index (κ2) is 13.1. The molecule has 0 bridgehead atoms. The molecule has 1 fully saturated rings. The highest BCUT2D eigenvalue weighted by molar-refractivity contribution is 7.90. The summed E-state index contributed by atoms with van der Waals surface area (Å²) in [6, 6.07) is 4.97. The van der Waals surface area contributed by atoms with Crippen LogP contribution in [0.3, 0.4) is 0 Å². The standard InChI is InChI=1S/C26H37N3O10S2/c1-14(2)20(26-28-12-19(39-26)16-8-10-18(11-9-16)40(4,33)34)24-23(31)22(30)17(13-38-24)7-5-6-15(3)21(27)25(32)29-41(35,36)37/h8-12,15,17,20-24,30-31H,1,5-7,13,27H2,2-4H3,(H,29,32)(H,35,36,37)/t15-,17+,20?,21-,22+,23+,24-/m0/s1. The van der Waals surface area contributed by atoms with E-state index in [0.29, 0.717) is 36.2 Å². The molecule has 1 amide bonds. The summed E-state index contributed by atoms with van der Waals surface area (Å²) in [5, 5.41) is 21.9. The number of aromatic nitrogens is 1. The third-order valence-corrected chi connectivity index (χ3v) is 8.86. The van der Waals surface area contributed by atoms with Crippen molar-refractivity contribution >= 4 is 26.0 Å². The SMILES string of the molecule is C=C(C)C(c1ncc(-c2ccc(S(C)(=O)=O)cc2)o1)[C@@H]1OC[C@@H](CCC[C@H](C)[C@H](N)C(=O)NS(=O)(=O)O)[C@@H](O)[C@H]1O. The highest BCUT2D eigenvalue weighted by Crippen LogP contribution is 2.37. The van der Waals surface area contributed by atoms with Gasteiger partial charge >= 0.3 is 10.3 Å². The van der Waals surface area contributed by atoms with Gasteiger partial charge in [-0.15, -0.1) is 0 Å². The van der Waals surface area contributed by atoms with Crippen LogP contribution in [0, 0.1) is 11.8 Å². The lowest BCUT2D eigenvalue weighted by atomic mass is 9.81. The van der Waals surface area contributed by atoms with Gasteiger partial charge in [0.1, 0.15) is 12.2 Å². The smallest absolute Gasteiger partial charge is 0.359 e. The van der Waals surface area contributed by atoms with E-state index in [4.69, 9.17) is 19.4 Å². The molecule has 1 saturated heterocycles. The van der Waals surface area contributed by atoms with Gasteiger partial charge in [0.15, 0.2) is 15.6 Å². The van der Waals surface area contributed by atoms with E-state index in [0.717, 1.165) is 6.26 Å². The number of hydrogen-bond donors (Lipinski definition) is 5. The first-order valence-corrected chi connectivity index (χ1v) is 16.3. The molecule has 2 aromatic rings. The molecular weight excluding hydrogens is 578 g/mol. The normalized spacial score (nSPS) is 23.9. The molecule has 0 radical (unpaired) electrons. The predicted molar refractivity (Wildman–Crippen MR) is 149 cm³/mol. The number of amides is 1. The summed E-state index contributed by atoms with van der Waals surface area (Å²) in [5.41, 5.74) is 6.98. The van der Waals surface area contributed by atoms with Gasteiger partial charge in [-0.2, -0.15) is 8.42 Å². The maximum absolute atomic E-state index is 11.9. The lowest BCUT2D eigenvalue weighted by Crippen LogP contribution is -2.52. The Kier molecular flexibility index (Phi) is 10.5. The summed E-state index contributed by atoms with van der Waals surface area (Å²) in [6.07, 6.45) is 0.634. The van der Waals surface area contributed by atoms with Crippen LogP contribution in [0.1, 0.15) is 44.9 Å². The van der Waals surface area contributed by atoms with Crippen LogP contribution >= 0.6 is 0 Å². The number of benzene rings is 1. The molecule has 1 unspecified atom stereocenters. The number of oxazole rings is 1. The average Bonchev–Trinajstić information content (AvgIpc) is 3.35. The Balaban J connectivity index is 1.63. The van der Waals surface area contributed by atoms with E-state index in [9.17, 15) is 31.8 Å². The second-order valence-corrected chi connectivity index (χ2v) is 13.8. The largest absolute Gasteiger partial charge is 0.440 e. The van der Waals surface area contributed by atoms with E-state index in [2.05, 4.69) is 11.6 Å². The number of rotatable bonds is 12. The second-order valence-electron chi connectivity index (χ2n) is 10.6. The van der Waals surface area contributed by atoms with Crippen LogP contribution < -0.4 is 10.5 Å². The monoisotopic (exact) mass is 615 g/mol. The highest BCUT2D eigenvalue weighted by Gasteiger charge is 2.44. The van der Waals surface area contributed by atoms with E-state index in [-0.39, 0.29) is 17.4 Å². The third-order valence-electron chi connectivity index (χ3n) is 7.27.